The maximum Gasteiger partial charge on any atom is 0.255 e. The van der Waals surface area contributed by atoms with Crippen LogP contribution in [0.3, 0.4) is 0 Å². The predicted molar refractivity (Wildman–Crippen MR) is 103 cm³/mol. The topological polar surface area (TPSA) is 73.1 Å². The number of ether oxygens (including phenoxy) is 1. The summed E-state index contributed by atoms with van der Waals surface area (Å²) in [4.78, 5) is 27.5. The van der Waals surface area contributed by atoms with Gasteiger partial charge < -0.3 is 9.64 Å². The lowest BCUT2D eigenvalue weighted by Gasteiger charge is -2.37. The van der Waals surface area contributed by atoms with E-state index in [0.29, 0.717) is 43.0 Å². The summed E-state index contributed by atoms with van der Waals surface area (Å²) in [6, 6.07) is 3.28. The molecule has 1 saturated heterocycles. The number of aromatic nitrogens is 4. The molecule has 2 atom stereocenters. The van der Waals surface area contributed by atoms with Crippen molar-refractivity contribution in [3.8, 4) is 11.4 Å². The van der Waals surface area contributed by atoms with Crippen LogP contribution in [0.1, 0.15) is 13.3 Å². The van der Waals surface area contributed by atoms with Gasteiger partial charge in [-0.1, -0.05) is 23.8 Å². The average molecular weight is 365 g/mol. The molecule has 7 heteroatoms. The maximum absolute atomic E-state index is 12.5. The second kappa shape index (κ2) is 7.44. The zero-order valence-electron chi connectivity index (χ0n) is 15.6. The van der Waals surface area contributed by atoms with Crippen molar-refractivity contribution in [3.63, 3.8) is 0 Å². The number of nitrogens with zero attached hydrogens (tertiary/aromatic N) is 5. The third-order valence-electron chi connectivity index (χ3n) is 5.11. The Bertz CT molecular complexity index is 935. The molecule has 0 aromatic carbocycles. The first-order valence-electron chi connectivity index (χ1n) is 9.17. The van der Waals surface area contributed by atoms with Crippen LogP contribution in [0.5, 0.6) is 0 Å². The van der Waals surface area contributed by atoms with E-state index in [9.17, 15) is 4.79 Å². The fourth-order valence-corrected chi connectivity index (χ4v) is 3.63. The van der Waals surface area contributed by atoms with E-state index in [2.05, 4.69) is 40.0 Å². The summed E-state index contributed by atoms with van der Waals surface area (Å²) in [5, 5.41) is 0. The SMILES string of the molecule is CC1=CC=CC([C@@H]2CN(c3nc(-c4ccncn4)cc(=O)n3C)CCO2)C1. The van der Waals surface area contributed by atoms with Crippen LogP contribution < -0.4 is 10.5 Å². The van der Waals surface area contributed by atoms with E-state index in [1.54, 1.807) is 23.9 Å². The van der Waals surface area contributed by atoms with E-state index >= 15 is 0 Å². The van der Waals surface area contributed by atoms with Gasteiger partial charge in [-0.05, 0) is 19.4 Å². The minimum Gasteiger partial charge on any atom is -0.374 e. The largest absolute Gasteiger partial charge is 0.374 e. The van der Waals surface area contributed by atoms with Crippen LogP contribution in [0, 0.1) is 5.92 Å². The number of hydrogen-bond donors (Lipinski definition) is 0. The molecule has 0 amide bonds. The van der Waals surface area contributed by atoms with Crippen LogP contribution >= 0.6 is 0 Å². The number of hydrogen-bond acceptors (Lipinski definition) is 6. The Kier molecular flexibility index (Phi) is 4.85. The Labute approximate surface area is 158 Å². The standard InChI is InChI=1S/C20H23N5O2/c1-14-4-3-5-15(10-14)18-12-25(8-9-27-18)20-23-17(11-19(26)24(20)2)16-6-7-21-13-22-16/h3-7,11,13,15,18H,8-10,12H2,1-2H3/t15?,18-/m0/s1. The fourth-order valence-electron chi connectivity index (χ4n) is 3.63. The molecule has 0 saturated carbocycles. The van der Waals surface area contributed by atoms with Crippen molar-refractivity contribution in [2.24, 2.45) is 13.0 Å². The van der Waals surface area contributed by atoms with Crippen molar-refractivity contribution in [1.29, 1.82) is 0 Å². The van der Waals surface area contributed by atoms with Crippen molar-refractivity contribution < 1.29 is 4.74 Å². The number of morpholine rings is 1. The zero-order valence-corrected chi connectivity index (χ0v) is 15.6. The molecule has 1 fully saturated rings. The van der Waals surface area contributed by atoms with Gasteiger partial charge in [0.2, 0.25) is 5.95 Å². The monoisotopic (exact) mass is 365 g/mol. The molecule has 140 valence electrons. The molecule has 1 unspecified atom stereocenters. The summed E-state index contributed by atoms with van der Waals surface area (Å²) < 4.78 is 7.64. The van der Waals surface area contributed by atoms with E-state index < -0.39 is 0 Å². The minimum absolute atomic E-state index is 0.0817. The van der Waals surface area contributed by atoms with Crippen LogP contribution in [0.2, 0.25) is 0 Å². The number of anilines is 1. The van der Waals surface area contributed by atoms with Gasteiger partial charge in [-0.2, -0.15) is 0 Å². The molecule has 2 aromatic rings. The van der Waals surface area contributed by atoms with Gasteiger partial charge in [-0.15, -0.1) is 0 Å². The van der Waals surface area contributed by atoms with Gasteiger partial charge in [-0.25, -0.2) is 15.0 Å². The second-order valence-electron chi connectivity index (χ2n) is 7.05. The number of allylic oxidation sites excluding steroid dienone is 3. The molecule has 1 aliphatic heterocycles. The van der Waals surface area contributed by atoms with E-state index in [1.807, 2.05) is 0 Å². The molecule has 2 aromatic heterocycles. The van der Waals surface area contributed by atoms with E-state index in [-0.39, 0.29) is 11.7 Å². The lowest BCUT2D eigenvalue weighted by atomic mass is 9.89. The Hall–Kier alpha value is -2.80. The summed E-state index contributed by atoms with van der Waals surface area (Å²) in [6.07, 6.45) is 10.7. The minimum atomic E-state index is -0.104. The Balaban J connectivity index is 1.62. The van der Waals surface area contributed by atoms with Crippen LogP contribution in [0.15, 0.2) is 53.3 Å². The zero-order chi connectivity index (χ0) is 18.8. The Morgan fingerprint density at radius 1 is 1.30 bits per heavy atom. The lowest BCUT2D eigenvalue weighted by molar-refractivity contribution is 0.0132. The number of rotatable bonds is 3. The van der Waals surface area contributed by atoms with Gasteiger partial charge in [0.05, 0.1) is 24.1 Å². The Morgan fingerprint density at radius 2 is 2.19 bits per heavy atom. The van der Waals surface area contributed by atoms with Gasteiger partial charge >= 0.3 is 0 Å². The Morgan fingerprint density at radius 3 is 2.96 bits per heavy atom. The van der Waals surface area contributed by atoms with Crippen molar-refractivity contribution in [3.05, 3.63) is 58.8 Å². The molecule has 1 aliphatic carbocycles. The molecule has 0 bridgehead atoms. The molecular weight excluding hydrogens is 342 g/mol. The van der Waals surface area contributed by atoms with Crippen LogP contribution in [0.4, 0.5) is 5.95 Å². The first kappa shape index (κ1) is 17.6. The summed E-state index contributed by atoms with van der Waals surface area (Å²) in [6.45, 7) is 4.17. The molecule has 4 rings (SSSR count). The van der Waals surface area contributed by atoms with Gasteiger partial charge in [0.25, 0.3) is 5.56 Å². The molecule has 7 nitrogen and oxygen atoms in total. The summed E-state index contributed by atoms with van der Waals surface area (Å²) in [7, 11) is 1.76. The summed E-state index contributed by atoms with van der Waals surface area (Å²) in [5.41, 5.74) is 2.46. The van der Waals surface area contributed by atoms with Gasteiger partial charge in [-0.3, -0.25) is 9.36 Å². The smallest absolute Gasteiger partial charge is 0.255 e. The van der Waals surface area contributed by atoms with Gasteiger partial charge in [0.1, 0.15) is 6.33 Å². The van der Waals surface area contributed by atoms with Crippen LogP contribution in [-0.2, 0) is 11.8 Å². The molecule has 3 heterocycles. The third kappa shape index (κ3) is 3.68. The summed E-state index contributed by atoms with van der Waals surface area (Å²) >= 11 is 0. The quantitative estimate of drug-likeness (QED) is 0.828. The highest BCUT2D eigenvalue weighted by Crippen LogP contribution is 2.27. The third-order valence-corrected chi connectivity index (χ3v) is 5.11. The van der Waals surface area contributed by atoms with E-state index in [4.69, 9.17) is 9.72 Å². The molecule has 0 radical (unpaired) electrons. The second-order valence-corrected chi connectivity index (χ2v) is 7.05. The molecular formula is C20H23N5O2. The highest BCUT2D eigenvalue weighted by atomic mass is 16.5. The fraction of sp³-hybridized carbons (Fsp3) is 0.400. The van der Waals surface area contributed by atoms with Crippen LogP contribution in [0.25, 0.3) is 11.4 Å². The molecule has 0 N–H and O–H groups in total. The normalized spacial score (nSPS) is 22.6. The molecule has 0 spiro atoms. The average Bonchev–Trinajstić information content (AvgIpc) is 2.71. The molecule has 27 heavy (non-hydrogen) atoms. The van der Waals surface area contributed by atoms with Gasteiger partial charge in [0, 0.05) is 38.3 Å². The van der Waals surface area contributed by atoms with E-state index in [1.165, 1.54) is 18.0 Å². The highest BCUT2D eigenvalue weighted by molar-refractivity contribution is 5.55. The lowest BCUT2D eigenvalue weighted by Crippen LogP contribution is -2.47. The predicted octanol–water partition coefficient (Wildman–Crippen LogP) is 1.96. The van der Waals surface area contributed by atoms with Crippen molar-refractivity contribution >= 4 is 5.95 Å². The van der Waals surface area contributed by atoms with Crippen molar-refractivity contribution in [2.75, 3.05) is 24.6 Å². The van der Waals surface area contributed by atoms with Crippen molar-refractivity contribution in [2.45, 2.75) is 19.4 Å². The van der Waals surface area contributed by atoms with Crippen molar-refractivity contribution in [1.82, 2.24) is 19.5 Å². The summed E-state index contributed by atoms with van der Waals surface area (Å²) in [5.74, 6) is 0.997. The van der Waals surface area contributed by atoms with Gasteiger partial charge in [0.15, 0.2) is 0 Å². The highest BCUT2D eigenvalue weighted by Gasteiger charge is 2.29. The maximum atomic E-state index is 12.5. The van der Waals surface area contributed by atoms with Crippen LogP contribution in [-0.4, -0.2) is 45.3 Å². The molecule has 2 aliphatic rings. The first-order valence-corrected chi connectivity index (χ1v) is 9.17. The van der Waals surface area contributed by atoms with E-state index in [0.717, 1.165) is 6.42 Å². The first-order chi connectivity index (χ1) is 13.1.